The van der Waals surface area contributed by atoms with Crippen molar-refractivity contribution in [2.45, 2.75) is 13.0 Å². The van der Waals surface area contributed by atoms with E-state index >= 15 is 0 Å². The lowest BCUT2D eigenvalue weighted by molar-refractivity contribution is 0.695. The van der Waals surface area contributed by atoms with Crippen molar-refractivity contribution in [3.63, 3.8) is 0 Å². The molecule has 0 saturated heterocycles. The van der Waals surface area contributed by atoms with Crippen LogP contribution in [-0.4, -0.2) is 24.3 Å². The third-order valence-corrected chi connectivity index (χ3v) is 3.17. The van der Waals surface area contributed by atoms with Crippen molar-refractivity contribution in [3.8, 4) is 5.69 Å². The molecule has 0 N–H and O–H groups in total. The van der Waals surface area contributed by atoms with Crippen molar-refractivity contribution < 1.29 is 0 Å². The Morgan fingerprint density at radius 2 is 2.16 bits per heavy atom. The Balaban J connectivity index is 1.78. The van der Waals surface area contributed by atoms with Crippen LogP contribution in [0.25, 0.3) is 5.69 Å². The van der Waals surface area contributed by atoms with E-state index in [-0.39, 0.29) is 0 Å². The largest absolute Gasteiger partial charge is 0.337 e. The smallest absolute Gasteiger partial charge is 0.154 e. The molecule has 3 heterocycles. The van der Waals surface area contributed by atoms with E-state index in [1.807, 2.05) is 29.1 Å². The van der Waals surface area contributed by atoms with Crippen molar-refractivity contribution in [1.82, 2.24) is 24.3 Å². The molecule has 6 heteroatoms. The minimum Gasteiger partial charge on any atom is -0.337 e. The van der Waals surface area contributed by atoms with Crippen molar-refractivity contribution in [2.75, 3.05) is 0 Å². The van der Waals surface area contributed by atoms with Crippen LogP contribution in [0.5, 0.6) is 0 Å². The molecule has 0 saturated carbocycles. The number of hydrogen-bond acceptors (Lipinski definition) is 3. The Hall–Kier alpha value is -2.14. The lowest BCUT2D eigenvalue weighted by atomic mass is 10.2. The zero-order valence-electron chi connectivity index (χ0n) is 10.1. The van der Waals surface area contributed by atoms with Gasteiger partial charge in [-0.25, -0.2) is 9.67 Å². The highest BCUT2D eigenvalue weighted by atomic mass is 35.5. The van der Waals surface area contributed by atoms with E-state index in [0.717, 1.165) is 24.2 Å². The molecule has 3 aromatic heterocycles. The van der Waals surface area contributed by atoms with Gasteiger partial charge < -0.3 is 4.57 Å². The summed E-state index contributed by atoms with van der Waals surface area (Å²) in [5, 5.41) is 4.83. The standard InChI is InChI=1S/C13H12ClN5/c14-13-11(3-6-18-7-5-16-10-18)9-19(17-13)12-2-1-4-15-8-12/h1-2,4-5,7-10H,3,6H2. The van der Waals surface area contributed by atoms with Gasteiger partial charge in [-0.3, -0.25) is 4.98 Å². The molecular weight excluding hydrogens is 262 g/mol. The Bertz CT molecular complexity index is 645. The molecule has 0 aromatic carbocycles. The summed E-state index contributed by atoms with van der Waals surface area (Å²) in [6.45, 7) is 0.832. The molecule has 5 nitrogen and oxygen atoms in total. The summed E-state index contributed by atoms with van der Waals surface area (Å²) < 4.78 is 3.76. The SMILES string of the molecule is Clc1nn(-c2cccnc2)cc1CCn1ccnc1. The van der Waals surface area contributed by atoms with Crippen LogP contribution in [0.4, 0.5) is 0 Å². The van der Waals surface area contributed by atoms with Crippen LogP contribution in [0.15, 0.2) is 49.4 Å². The van der Waals surface area contributed by atoms with Crippen molar-refractivity contribution in [2.24, 2.45) is 0 Å². The first-order valence-corrected chi connectivity index (χ1v) is 6.31. The maximum absolute atomic E-state index is 6.16. The van der Waals surface area contributed by atoms with Gasteiger partial charge in [-0.05, 0) is 18.6 Å². The minimum absolute atomic E-state index is 0.531. The maximum Gasteiger partial charge on any atom is 0.154 e. The van der Waals surface area contributed by atoms with Crippen LogP contribution < -0.4 is 0 Å². The van der Waals surface area contributed by atoms with E-state index in [2.05, 4.69) is 15.1 Å². The predicted molar refractivity (Wildman–Crippen MR) is 72.3 cm³/mol. The summed E-state index contributed by atoms with van der Waals surface area (Å²) >= 11 is 6.16. The molecule has 19 heavy (non-hydrogen) atoms. The average Bonchev–Trinajstić information content (AvgIpc) is 3.07. The van der Waals surface area contributed by atoms with Gasteiger partial charge in [-0.15, -0.1) is 0 Å². The monoisotopic (exact) mass is 273 g/mol. The van der Waals surface area contributed by atoms with E-state index in [4.69, 9.17) is 11.6 Å². The fourth-order valence-electron chi connectivity index (χ4n) is 1.85. The fraction of sp³-hybridized carbons (Fsp3) is 0.154. The first-order valence-electron chi connectivity index (χ1n) is 5.93. The predicted octanol–water partition coefficient (Wildman–Crippen LogP) is 2.36. The van der Waals surface area contributed by atoms with Crippen molar-refractivity contribution in [3.05, 3.63) is 60.2 Å². The summed E-state index contributed by atoms with van der Waals surface area (Å²) in [6.07, 6.45) is 11.7. The van der Waals surface area contributed by atoms with Gasteiger partial charge in [0.05, 0.1) is 18.2 Å². The van der Waals surface area contributed by atoms with Gasteiger partial charge in [0, 0.05) is 36.9 Å². The quantitative estimate of drug-likeness (QED) is 0.733. The zero-order chi connectivity index (χ0) is 13.1. The minimum atomic E-state index is 0.531. The molecule has 0 aliphatic rings. The Morgan fingerprint density at radius 1 is 1.21 bits per heavy atom. The molecule has 3 aromatic rings. The second-order valence-corrected chi connectivity index (χ2v) is 4.51. The second-order valence-electron chi connectivity index (χ2n) is 4.15. The van der Waals surface area contributed by atoms with Gasteiger partial charge in [0.2, 0.25) is 0 Å². The summed E-state index contributed by atoms with van der Waals surface area (Å²) in [5.41, 5.74) is 1.91. The molecule has 96 valence electrons. The van der Waals surface area contributed by atoms with Gasteiger partial charge >= 0.3 is 0 Å². The average molecular weight is 274 g/mol. The third-order valence-electron chi connectivity index (χ3n) is 2.85. The summed E-state index contributed by atoms with van der Waals surface area (Å²) in [7, 11) is 0. The molecular formula is C13H12ClN5. The highest BCUT2D eigenvalue weighted by Gasteiger charge is 2.08. The molecule has 0 fully saturated rings. The maximum atomic E-state index is 6.16. The number of hydrogen-bond donors (Lipinski definition) is 0. The lowest BCUT2D eigenvalue weighted by Crippen LogP contribution is -1.98. The molecule has 0 amide bonds. The highest BCUT2D eigenvalue weighted by Crippen LogP contribution is 2.17. The van der Waals surface area contributed by atoms with Crippen LogP contribution in [0, 0.1) is 0 Å². The number of nitrogens with zero attached hydrogens (tertiary/aromatic N) is 5. The lowest BCUT2D eigenvalue weighted by Gasteiger charge is -2.00. The number of aryl methyl sites for hydroxylation is 2. The van der Waals surface area contributed by atoms with Gasteiger partial charge in [0.25, 0.3) is 0 Å². The Morgan fingerprint density at radius 3 is 2.89 bits per heavy atom. The van der Waals surface area contributed by atoms with E-state index in [9.17, 15) is 0 Å². The van der Waals surface area contributed by atoms with Gasteiger partial charge in [-0.2, -0.15) is 5.10 Å². The zero-order valence-corrected chi connectivity index (χ0v) is 10.9. The topological polar surface area (TPSA) is 48.5 Å². The normalized spacial score (nSPS) is 10.8. The molecule has 0 radical (unpaired) electrons. The molecule has 0 spiro atoms. The number of aromatic nitrogens is 5. The summed E-state index contributed by atoms with van der Waals surface area (Å²) in [5.74, 6) is 0. The van der Waals surface area contributed by atoms with Gasteiger partial charge in [0.15, 0.2) is 5.15 Å². The second kappa shape index (κ2) is 5.24. The van der Waals surface area contributed by atoms with E-state index < -0.39 is 0 Å². The number of rotatable bonds is 4. The van der Waals surface area contributed by atoms with Crippen molar-refractivity contribution in [1.29, 1.82) is 0 Å². The molecule has 0 aliphatic heterocycles. The molecule has 0 bridgehead atoms. The first-order chi connectivity index (χ1) is 9.33. The van der Waals surface area contributed by atoms with Gasteiger partial charge in [0.1, 0.15) is 0 Å². The highest BCUT2D eigenvalue weighted by molar-refractivity contribution is 6.30. The Kier molecular flexibility index (Phi) is 3.29. The van der Waals surface area contributed by atoms with Crippen LogP contribution in [-0.2, 0) is 13.0 Å². The summed E-state index contributed by atoms with van der Waals surface area (Å²) in [4.78, 5) is 8.08. The molecule has 0 atom stereocenters. The van der Waals surface area contributed by atoms with Crippen LogP contribution in [0.3, 0.4) is 0 Å². The van der Waals surface area contributed by atoms with Gasteiger partial charge in [-0.1, -0.05) is 11.6 Å². The van der Waals surface area contributed by atoms with Crippen LogP contribution >= 0.6 is 11.6 Å². The summed E-state index contributed by atoms with van der Waals surface area (Å²) in [6, 6.07) is 3.81. The number of pyridine rings is 1. The first kappa shape index (κ1) is 11.9. The Labute approximate surface area is 115 Å². The molecule has 0 aliphatic carbocycles. The van der Waals surface area contributed by atoms with Crippen LogP contribution in [0.2, 0.25) is 5.15 Å². The fourth-order valence-corrected chi connectivity index (χ4v) is 2.07. The third kappa shape index (κ3) is 2.66. The molecule has 3 rings (SSSR count). The molecule has 0 unspecified atom stereocenters. The number of imidazole rings is 1. The number of halogens is 1. The van der Waals surface area contributed by atoms with E-state index in [0.29, 0.717) is 5.15 Å². The van der Waals surface area contributed by atoms with Crippen LogP contribution in [0.1, 0.15) is 5.56 Å². The van der Waals surface area contributed by atoms with E-state index in [1.54, 1.807) is 29.6 Å². The van der Waals surface area contributed by atoms with Crippen molar-refractivity contribution >= 4 is 11.6 Å². The van der Waals surface area contributed by atoms with E-state index in [1.165, 1.54) is 0 Å².